The van der Waals surface area contributed by atoms with Crippen LogP contribution in [0.2, 0.25) is 0 Å². The average Bonchev–Trinajstić information content (AvgIpc) is 2.37. The van der Waals surface area contributed by atoms with Crippen LogP contribution in [0.1, 0.15) is 27.7 Å². The molecule has 0 saturated carbocycles. The van der Waals surface area contributed by atoms with Crippen LogP contribution < -0.4 is 5.73 Å². The zero-order valence-electron chi connectivity index (χ0n) is 13.2. The number of amides is 1. The molecule has 0 heterocycles. The number of carbonyl (C=O) groups excluding carboxylic acids is 1. The molecule has 0 aromatic carbocycles. The van der Waals surface area contributed by atoms with Crippen LogP contribution in [0.3, 0.4) is 0 Å². The second-order valence-corrected chi connectivity index (χ2v) is 5.27. The molecule has 0 rings (SSSR count). The number of hydrogen-bond acceptors (Lipinski definition) is 4. The molecule has 0 bridgehead atoms. The molecule has 0 aromatic rings. The number of likely N-dealkylation sites (N-methyl/N-ethyl adjacent to an activating group) is 1. The molecule has 0 radical (unpaired) electrons. The summed E-state index contributed by atoms with van der Waals surface area (Å²) in [6, 6.07) is -0.555. The molecule has 0 aliphatic carbocycles. The summed E-state index contributed by atoms with van der Waals surface area (Å²) in [5.74, 6) is 0.429. The fourth-order valence-corrected chi connectivity index (χ4v) is 2.02. The fourth-order valence-electron chi connectivity index (χ4n) is 2.02. The van der Waals surface area contributed by atoms with Crippen LogP contribution in [0, 0.1) is 5.92 Å². The molecule has 0 aromatic heterocycles. The Morgan fingerprint density at radius 1 is 1.21 bits per heavy atom. The van der Waals surface area contributed by atoms with E-state index in [1.807, 2.05) is 4.90 Å². The van der Waals surface area contributed by atoms with Crippen molar-refractivity contribution in [3.8, 4) is 0 Å². The summed E-state index contributed by atoms with van der Waals surface area (Å²) in [6.45, 7) is 13.1. The van der Waals surface area contributed by atoms with Gasteiger partial charge in [-0.15, -0.1) is 0 Å². The fraction of sp³-hybridized carbons (Fsp3) is 0.929. The van der Waals surface area contributed by atoms with Crippen LogP contribution in [0.4, 0.5) is 0 Å². The second kappa shape index (κ2) is 10.2. The summed E-state index contributed by atoms with van der Waals surface area (Å²) in [5, 5.41) is 0. The van der Waals surface area contributed by atoms with Gasteiger partial charge in [-0.05, 0) is 19.0 Å². The minimum atomic E-state index is -0.555. The largest absolute Gasteiger partial charge is 0.383 e. The van der Waals surface area contributed by atoms with Crippen LogP contribution in [0.5, 0.6) is 0 Å². The van der Waals surface area contributed by atoms with E-state index in [-0.39, 0.29) is 12.5 Å². The van der Waals surface area contributed by atoms with Gasteiger partial charge in [-0.25, -0.2) is 0 Å². The van der Waals surface area contributed by atoms with E-state index < -0.39 is 6.04 Å². The number of carbonyl (C=O) groups is 1. The van der Waals surface area contributed by atoms with Crippen molar-refractivity contribution in [2.45, 2.75) is 33.7 Å². The molecule has 114 valence electrons. The Labute approximate surface area is 118 Å². The number of nitrogens with zero attached hydrogens (tertiary/aromatic N) is 2. The van der Waals surface area contributed by atoms with Gasteiger partial charge in [0, 0.05) is 26.7 Å². The molecule has 1 unspecified atom stereocenters. The van der Waals surface area contributed by atoms with Gasteiger partial charge in [-0.2, -0.15) is 0 Å². The van der Waals surface area contributed by atoms with E-state index in [4.69, 9.17) is 10.5 Å². The van der Waals surface area contributed by atoms with Gasteiger partial charge in [0.2, 0.25) is 5.91 Å². The first kappa shape index (κ1) is 18.4. The zero-order chi connectivity index (χ0) is 14.8. The Bertz CT molecular complexity index is 243. The van der Waals surface area contributed by atoms with Gasteiger partial charge in [0.25, 0.3) is 0 Å². The third kappa shape index (κ3) is 7.50. The van der Waals surface area contributed by atoms with E-state index in [0.717, 1.165) is 32.7 Å². The van der Waals surface area contributed by atoms with Gasteiger partial charge in [0.1, 0.15) is 6.04 Å². The number of hydrogen-bond donors (Lipinski definition) is 1. The second-order valence-electron chi connectivity index (χ2n) is 5.27. The highest BCUT2D eigenvalue weighted by Crippen LogP contribution is 2.02. The molecule has 1 amide bonds. The summed E-state index contributed by atoms with van der Waals surface area (Å²) in [6.07, 6.45) is 0. The standard InChI is InChI=1S/C14H31N3O2/c1-6-16(7-2)8-9-17(10-12(3)4)14(18)13(15)11-19-5/h12-13H,6-11,15H2,1-5H3. The lowest BCUT2D eigenvalue weighted by Crippen LogP contribution is -2.49. The van der Waals surface area contributed by atoms with Crippen molar-refractivity contribution in [2.75, 3.05) is 46.4 Å². The first-order valence-electron chi connectivity index (χ1n) is 7.21. The van der Waals surface area contributed by atoms with E-state index in [2.05, 4.69) is 32.6 Å². The van der Waals surface area contributed by atoms with Crippen molar-refractivity contribution in [2.24, 2.45) is 11.7 Å². The minimum Gasteiger partial charge on any atom is -0.383 e. The lowest BCUT2D eigenvalue weighted by atomic mass is 10.2. The number of rotatable bonds is 10. The predicted octanol–water partition coefficient (Wildman–Crippen LogP) is 0.787. The predicted molar refractivity (Wildman–Crippen MR) is 79.1 cm³/mol. The van der Waals surface area contributed by atoms with Gasteiger partial charge in [0.15, 0.2) is 0 Å². The topological polar surface area (TPSA) is 58.8 Å². The molecule has 2 N–H and O–H groups in total. The lowest BCUT2D eigenvalue weighted by Gasteiger charge is -2.29. The van der Waals surface area contributed by atoms with E-state index in [9.17, 15) is 4.79 Å². The van der Waals surface area contributed by atoms with Gasteiger partial charge < -0.3 is 20.3 Å². The summed E-state index contributed by atoms with van der Waals surface area (Å²) in [5.41, 5.74) is 5.85. The maximum absolute atomic E-state index is 12.3. The molecule has 19 heavy (non-hydrogen) atoms. The Kier molecular flexibility index (Phi) is 9.83. The summed E-state index contributed by atoms with van der Waals surface area (Å²) >= 11 is 0. The number of nitrogens with two attached hydrogens (primary N) is 1. The smallest absolute Gasteiger partial charge is 0.241 e. The Hall–Kier alpha value is -0.650. The quantitative estimate of drug-likeness (QED) is 0.639. The lowest BCUT2D eigenvalue weighted by molar-refractivity contribution is -0.134. The molecule has 0 spiro atoms. The third-order valence-corrected chi connectivity index (χ3v) is 3.14. The van der Waals surface area contributed by atoms with Crippen molar-refractivity contribution in [3.05, 3.63) is 0 Å². The molecule has 0 fully saturated rings. The number of methoxy groups -OCH3 is 1. The van der Waals surface area contributed by atoms with Crippen molar-refractivity contribution >= 4 is 5.91 Å². The maximum atomic E-state index is 12.3. The van der Waals surface area contributed by atoms with E-state index >= 15 is 0 Å². The molecule has 5 heteroatoms. The number of ether oxygens (including phenoxy) is 1. The first-order valence-corrected chi connectivity index (χ1v) is 7.21. The Morgan fingerprint density at radius 3 is 2.21 bits per heavy atom. The minimum absolute atomic E-state index is 0.0114. The van der Waals surface area contributed by atoms with E-state index in [1.165, 1.54) is 0 Å². The van der Waals surface area contributed by atoms with Crippen LogP contribution in [-0.4, -0.2) is 68.2 Å². The van der Waals surface area contributed by atoms with E-state index in [0.29, 0.717) is 5.92 Å². The third-order valence-electron chi connectivity index (χ3n) is 3.14. The Balaban J connectivity index is 4.48. The summed E-state index contributed by atoms with van der Waals surface area (Å²) < 4.78 is 4.96. The first-order chi connectivity index (χ1) is 8.96. The highest BCUT2D eigenvalue weighted by Gasteiger charge is 2.21. The highest BCUT2D eigenvalue weighted by atomic mass is 16.5. The highest BCUT2D eigenvalue weighted by molar-refractivity contribution is 5.81. The van der Waals surface area contributed by atoms with Crippen molar-refractivity contribution in [3.63, 3.8) is 0 Å². The van der Waals surface area contributed by atoms with Gasteiger partial charge in [-0.1, -0.05) is 27.7 Å². The summed E-state index contributed by atoms with van der Waals surface area (Å²) in [7, 11) is 1.57. The van der Waals surface area contributed by atoms with Gasteiger partial charge >= 0.3 is 0 Å². The van der Waals surface area contributed by atoms with Crippen LogP contribution in [0.25, 0.3) is 0 Å². The van der Waals surface area contributed by atoms with E-state index in [1.54, 1.807) is 7.11 Å². The molecule has 5 nitrogen and oxygen atoms in total. The maximum Gasteiger partial charge on any atom is 0.241 e. The summed E-state index contributed by atoms with van der Waals surface area (Å²) in [4.78, 5) is 16.4. The normalized spacial score (nSPS) is 13.1. The molecule has 1 atom stereocenters. The zero-order valence-corrected chi connectivity index (χ0v) is 13.2. The molecule has 0 aliphatic heterocycles. The van der Waals surface area contributed by atoms with Crippen molar-refractivity contribution < 1.29 is 9.53 Å². The molecule has 0 saturated heterocycles. The van der Waals surface area contributed by atoms with Gasteiger partial charge in [0.05, 0.1) is 6.61 Å². The van der Waals surface area contributed by atoms with Crippen LogP contribution in [-0.2, 0) is 9.53 Å². The van der Waals surface area contributed by atoms with Crippen molar-refractivity contribution in [1.82, 2.24) is 9.80 Å². The van der Waals surface area contributed by atoms with Crippen molar-refractivity contribution in [1.29, 1.82) is 0 Å². The monoisotopic (exact) mass is 273 g/mol. The Morgan fingerprint density at radius 2 is 1.79 bits per heavy atom. The SMILES string of the molecule is CCN(CC)CCN(CC(C)C)C(=O)C(N)COC. The molecular weight excluding hydrogens is 242 g/mol. The average molecular weight is 273 g/mol. The molecular formula is C14H31N3O2. The van der Waals surface area contributed by atoms with Crippen LogP contribution >= 0.6 is 0 Å². The molecule has 0 aliphatic rings. The van der Waals surface area contributed by atoms with Crippen LogP contribution in [0.15, 0.2) is 0 Å². The van der Waals surface area contributed by atoms with Gasteiger partial charge in [-0.3, -0.25) is 4.79 Å².